The number of halogens is 3. The number of carbonyl (C=O) groups excluding carboxylic acids is 1. The lowest BCUT2D eigenvalue weighted by molar-refractivity contribution is 0.0696. The van der Waals surface area contributed by atoms with Crippen molar-refractivity contribution >= 4 is 74.0 Å². The molecule has 0 heterocycles. The van der Waals surface area contributed by atoms with Crippen LogP contribution in [0.3, 0.4) is 0 Å². The zero-order valence-electron chi connectivity index (χ0n) is 11.8. The molecule has 0 atom stereocenters. The first-order valence-corrected chi connectivity index (χ1v) is 8.34. The molecule has 0 unspecified atom stereocenters. The molecule has 2 aromatic carbocycles. The SMILES string of the molecule is O=C(O)c1ccc(Br)c(NC(=S)NC(=O)c2cc(Cl)ccc2Cl)c1. The highest BCUT2D eigenvalue weighted by Crippen LogP contribution is 2.24. The summed E-state index contributed by atoms with van der Waals surface area (Å²) in [5, 5.41) is 14.8. The Labute approximate surface area is 161 Å². The molecule has 2 rings (SSSR count). The first-order chi connectivity index (χ1) is 11.3. The average Bonchev–Trinajstić information content (AvgIpc) is 2.51. The van der Waals surface area contributed by atoms with Crippen LogP contribution >= 0.6 is 51.3 Å². The molecule has 0 aliphatic heterocycles. The van der Waals surface area contributed by atoms with Crippen molar-refractivity contribution in [1.29, 1.82) is 0 Å². The van der Waals surface area contributed by atoms with Crippen molar-refractivity contribution in [2.75, 3.05) is 5.32 Å². The molecule has 0 spiro atoms. The Morgan fingerprint density at radius 3 is 2.50 bits per heavy atom. The molecule has 1 amide bonds. The van der Waals surface area contributed by atoms with Crippen LogP contribution in [-0.2, 0) is 0 Å². The van der Waals surface area contributed by atoms with E-state index in [9.17, 15) is 9.59 Å². The van der Waals surface area contributed by atoms with E-state index in [1.54, 1.807) is 12.1 Å². The van der Waals surface area contributed by atoms with E-state index in [0.29, 0.717) is 15.2 Å². The average molecular weight is 448 g/mol. The minimum absolute atomic E-state index is 0.0146. The second-order valence-electron chi connectivity index (χ2n) is 4.53. The zero-order chi connectivity index (χ0) is 17.9. The molecular formula is C15H9BrCl2N2O3S. The number of hydrogen-bond donors (Lipinski definition) is 3. The van der Waals surface area contributed by atoms with E-state index in [1.165, 1.54) is 24.3 Å². The fraction of sp³-hybridized carbons (Fsp3) is 0. The van der Waals surface area contributed by atoms with Gasteiger partial charge in [0.1, 0.15) is 0 Å². The Bertz CT molecular complexity index is 845. The molecule has 5 nitrogen and oxygen atoms in total. The van der Waals surface area contributed by atoms with E-state index in [2.05, 4.69) is 26.6 Å². The number of amides is 1. The van der Waals surface area contributed by atoms with Crippen molar-refractivity contribution < 1.29 is 14.7 Å². The van der Waals surface area contributed by atoms with Gasteiger partial charge in [-0.15, -0.1) is 0 Å². The molecule has 9 heteroatoms. The van der Waals surface area contributed by atoms with Crippen molar-refractivity contribution in [3.8, 4) is 0 Å². The van der Waals surface area contributed by atoms with Gasteiger partial charge in [-0.2, -0.15) is 0 Å². The van der Waals surface area contributed by atoms with Gasteiger partial charge in [0.25, 0.3) is 5.91 Å². The number of benzene rings is 2. The molecule has 0 saturated heterocycles. The summed E-state index contributed by atoms with van der Waals surface area (Å²) < 4.78 is 0.588. The summed E-state index contributed by atoms with van der Waals surface area (Å²) in [5.41, 5.74) is 0.650. The van der Waals surface area contributed by atoms with Crippen molar-refractivity contribution in [2.24, 2.45) is 0 Å². The monoisotopic (exact) mass is 446 g/mol. The molecule has 0 aromatic heterocycles. The van der Waals surface area contributed by atoms with Crippen molar-refractivity contribution in [3.05, 3.63) is 62.0 Å². The highest BCUT2D eigenvalue weighted by Gasteiger charge is 2.14. The lowest BCUT2D eigenvalue weighted by Gasteiger charge is -2.12. The van der Waals surface area contributed by atoms with Gasteiger partial charge in [0.05, 0.1) is 21.8 Å². The van der Waals surface area contributed by atoms with Gasteiger partial charge in [0.2, 0.25) is 0 Å². The predicted molar refractivity (Wildman–Crippen MR) is 101 cm³/mol. The number of carboxylic acid groups (broad SMARTS) is 1. The van der Waals surface area contributed by atoms with Crippen LogP contribution in [0.15, 0.2) is 40.9 Å². The van der Waals surface area contributed by atoms with Gasteiger partial charge in [-0.05, 0) is 64.5 Å². The molecule has 3 N–H and O–H groups in total. The third-order valence-corrected chi connectivity index (χ3v) is 4.32. The molecule has 0 bridgehead atoms. The van der Waals surface area contributed by atoms with Crippen LogP contribution in [0.1, 0.15) is 20.7 Å². The lowest BCUT2D eigenvalue weighted by atomic mass is 10.2. The lowest BCUT2D eigenvalue weighted by Crippen LogP contribution is -2.34. The van der Waals surface area contributed by atoms with Gasteiger partial charge >= 0.3 is 5.97 Å². The van der Waals surface area contributed by atoms with Gasteiger partial charge in [0.15, 0.2) is 5.11 Å². The maximum absolute atomic E-state index is 12.2. The Morgan fingerprint density at radius 2 is 1.83 bits per heavy atom. The third-order valence-electron chi connectivity index (χ3n) is 2.86. The van der Waals surface area contributed by atoms with Crippen molar-refractivity contribution in [3.63, 3.8) is 0 Å². The smallest absolute Gasteiger partial charge is 0.335 e. The van der Waals surface area contributed by atoms with Gasteiger partial charge < -0.3 is 10.4 Å². The van der Waals surface area contributed by atoms with E-state index in [-0.39, 0.29) is 21.3 Å². The normalized spacial score (nSPS) is 10.1. The summed E-state index contributed by atoms with van der Waals surface area (Å²) in [5.74, 6) is -1.61. The van der Waals surface area contributed by atoms with E-state index in [4.69, 9.17) is 40.5 Å². The summed E-state index contributed by atoms with van der Waals surface area (Å²) in [4.78, 5) is 23.2. The van der Waals surface area contributed by atoms with Crippen LogP contribution < -0.4 is 10.6 Å². The number of rotatable bonds is 3. The number of hydrogen-bond acceptors (Lipinski definition) is 3. The Kier molecular flexibility index (Phi) is 6.17. The maximum atomic E-state index is 12.2. The van der Waals surface area contributed by atoms with Crippen LogP contribution in [0, 0.1) is 0 Å². The second kappa shape index (κ2) is 7.94. The first-order valence-electron chi connectivity index (χ1n) is 6.38. The summed E-state index contributed by atoms with van der Waals surface area (Å²) in [7, 11) is 0. The standard InChI is InChI=1S/C15H9BrCl2N2O3S/c16-10-3-1-7(14(22)23)5-12(10)19-15(24)20-13(21)9-6-8(17)2-4-11(9)18/h1-6H,(H,22,23)(H2,19,20,21,24). The van der Waals surface area contributed by atoms with E-state index in [1.807, 2.05) is 0 Å². The van der Waals surface area contributed by atoms with Crippen molar-refractivity contribution in [1.82, 2.24) is 5.32 Å². The number of anilines is 1. The summed E-state index contributed by atoms with van der Waals surface area (Å²) >= 11 is 20.1. The van der Waals surface area contributed by atoms with Gasteiger partial charge in [-0.1, -0.05) is 23.2 Å². The fourth-order valence-corrected chi connectivity index (χ4v) is 2.67. The highest BCUT2D eigenvalue weighted by atomic mass is 79.9. The van der Waals surface area contributed by atoms with E-state index in [0.717, 1.165) is 0 Å². The van der Waals surface area contributed by atoms with Gasteiger partial charge in [-0.3, -0.25) is 10.1 Å². The van der Waals surface area contributed by atoms with Gasteiger partial charge in [-0.25, -0.2) is 4.79 Å². The molecule has 0 radical (unpaired) electrons. The molecule has 0 saturated carbocycles. The van der Waals surface area contributed by atoms with Crippen LogP contribution in [0.5, 0.6) is 0 Å². The van der Waals surface area contributed by atoms with Crippen LogP contribution in [0.4, 0.5) is 5.69 Å². The molecule has 2 aromatic rings. The maximum Gasteiger partial charge on any atom is 0.335 e. The van der Waals surface area contributed by atoms with Crippen molar-refractivity contribution in [2.45, 2.75) is 0 Å². The third kappa shape index (κ3) is 4.67. The molecule has 0 aliphatic rings. The molecule has 0 fully saturated rings. The minimum Gasteiger partial charge on any atom is -0.478 e. The van der Waals surface area contributed by atoms with E-state index >= 15 is 0 Å². The number of carbonyl (C=O) groups is 2. The van der Waals surface area contributed by atoms with Crippen LogP contribution in [-0.4, -0.2) is 22.1 Å². The Hall–Kier alpha value is -1.67. The number of aromatic carboxylic acids is 1. The van der Waals surface area contributed by atoms with Gasteiger partial charge in [0, 0.05) is 9.50 Å². The quantitative estimate of drug-likeness (QED) is 0.600. The molecule has 0 aliphatic carbocycles. The van der Waals surface area contributed by atoms with Crippen LogP contribution in [0.25, 0.3) is 0 Å². The zero-order valence-corrected chi connectivity index (χ0v) is 15.7. The first kappa shape index (κ1) is 18.7. The molecule has 24 heavy (non-hydrogen) atoms. The Balaban J connectivity index is 2.13. The number of nitrogens with one attached hydrogen (secondary N) is 2. The summed E-state index contributed by atoms with van der Waals surface area (Å²) in [6, 6.07) is 8.86. The number of thiocarbonyl (C=S) groups is 1. The largest absolute Gasteiger partial charge is 0.478 e. The summed E-state index contributed by atoms with van der Waals surface area (Å²) in [6.45, 7) is 0. The second-order valence-corrected chi connectivity index (χ2v) is 6.64. The predicted octanol–water partition coefficient (Wildman–Crippen LogP) is 4.58. The Morgan fingerprint density at radius 1 is 1.12 bits per heavy atom. The topological polar surface area (TPSA) is 78.4 Å². The van der Waals surface area contributed by atoms with Crippen LogP contribution in [0.2, 0.25) is 10.0 Å². The number of carboxylic acids is 1. The minimum atomic E-state index is -1.08. The fourth-order valence-electron chi connectivity index (χ4n) is 1.75. The summed E-state index contributed by atoms with van der Waals surface area (Å²) in [6.07, 6.45) is 0. The van der Waals surface area contributed by atoms with E-state index < -0.39 is 11.9 Å². The molecular weight excluding hydrogens is 439 g/mol. The molecule has 124 valence electrons. The highest BCUT2D eigenvalue weighted by molar-refractivity contribution is 9.10.